The van der Waals surface area contributed by atoms with Crippen LogP contribution in [0.25, 0.3) is 0 Å². The minimum absolute atomic E-state index is 0. The first-order valence-electron chi connectivity index (χ1n) is 11.1. The fraction of sp³-hybridized carbons (Fsp3) is 0.462. The van der Waals surface area contributed by atoms with Crippen molar-refractivity contribution in [1.29, 1.82) is 0 Å². The van der Waals surface area contributed by atoms with E-state index in [1.54, 1.807) is 0 Å². The highest BCUT2D eigenvalue weighted by molar-refractivity contribution is 6.00. The van der Waals surface area contributed by atoms with Gasteiger partial charge in [0.25, 0.3) is 0 Å². The van der Waals surface area contributed by atoms with Gasteiger partial charge in [-0.15, -0.1) is 24.8 Å². The van der Waals surface area contributed by atoms with Crippen LogP contribution in [-0.4, -0.2) is 59.6 Å². The Labute approximate surface area is 207 Å². The smallest absolute Gasteiger partial charge is 0.179 e. The Hall–Kier alpha value is -1.72. The number of halogens is 2. The molecule has 0 saturated heterocycles. The minimum Gasteiger partial charge on any atom is -0.294 e. The van der Waals surface area contributed by atoms with Crippen molar-refractivity contribution in [3.63, 3.8) is 0 Å². The third kappa shape index (κ3) is 9.83. The molecule has 32 heavy (non-hydrogen) atoms. The fourth-order valence-corrected chi connectivity index (χ4v) is 3.56. The molecule has 0 aromatic heterocycles. The first kappa shape index (κ1) is 32.5. The maximum atomic E-state index is 12.1. The second-order valence-corrected chi connectivity index (χ2v) is 7.25. The molecule has 0 radical (unpaired) electrons. The maximum Gasteiger partial charge on any atom is 0.179 e. The van der Waals surface area contributed by atoms with Crippen LogP contribution in [0.2, 0.25) is 0 Å². The summed E-state index contributed by atoms with van der Waals surface area (Å²) in [7, 11) is 0. The van der Waals surface area contributed by atoms with Crippen LogP contribution >= 0.6 is 24.8 Å². The Bertz CT molecular complexity index is 683. The van der Waals surface area contributed by atoms with E-state index < -0.39 is 0 Å². The van der Waals surface area contributed by atoms with Gasteiger partial charge < -0.3 is 0 Å². The molecule has 4 nitrogen and oxygen atoms in total. The molecule has 0 spiro atoms. The lowest BCUT2D eigenvalue weighted by Gasteiger charge is -2.25. The normalized spacial score (nSPS) is 12.0. The van der Waals surface area contributed by atoms with E-state index in [0.717, 1.165) is 37.3 Å². The molecule has 0 heterocycles. The lowest BCUT2D eigenvalue weighted by molar-refractivity contribution is 0.0845. The molecule has 0 amide bonds. The summed E-state index contributed by atoms with van der Waals surface area (Å²) in [6, 6.07) is 18.9. The summed E-state index contributed by atoms with van der Waals surface area (Å²) in [5, 5.41) is 0. The molecule has 2 atom stereocenters. The number of rotatable bonds is 10. The van der Waals surface area contributed by atoms with Crippen molar-refractivity contribution in [2.45, 2.75) is 53.6 Å². The van der Waals surface area contributed by atoms with Crippen LogP contribution in [-0.2, 0) is 0 Å². The topological polar surface area (TPSA) is 40.6 Å². The lowest BCUT2D eigenvalue weighted by Crippen LogP contribution is -2.38. The molecular weight excluding hydrogens is 443 g/mol. The van der Waals surface area contributed by atoms with Gasteiger partial charge in [-0.05, 0) is 40.0 Å². The molecular formula is C26H40Cl2N2O2. The van der Waals surface area contributed by atoms with Crippen LogP contribution in [0.15, 0.2) is 60.7 Å². The van der Waals surface area contributed by atoms with Gasteiger partial charge in [0.1, 0.15) is 0 Å². The van der Waals surface area contributed by atoms with Gasteiger partial charge in [0.15, 0.2) is 11.6 Å². The van der Waals surface area contributed by atoms with Crippen LogP contribution in [0.4, 0.5) is 0 Å². The Balaban J connectivity index is 0. The number of hydrogen-bond donors (Lipinski definition) is 0. The average Bonchev–Trinajstić information content (AvgIpc) is 2.81. The Kier molecular flexibility index (Phi) is 18.0. The Morgan fingerprint density at radius 2 is 0.844 bits per heavy atom. The van der Waals surface area contributed by atoms with Crippen LogP contribution in [0.1, 0.15) is 62.3 Å². The summed E-state index contributed by atoms with van der Waals surface area (Å²) in [6.07, 6.45) is 0. The van der Waals surface area contributed by atoms with Crippen LogP contribution < -0.4 is 0 Å². The first-order valence-corrected chi connectivity index (χ1v) is 11.1. The van der Waals surface area contributed by atoms with Crippen molar-refractivity contribution in [1.82, 2.24) is 9.80 Å². The summed E-state index contributed by atoms with van der Waals surface area (Å²) in [6.45, 7) is 15.9. The van der Waals surface area contributed by atoms with Gasteiger partial charge >= 0.3 is 0 Å². The first-order chi connectivity index (χ1) is 14.4. The predicted octanol–water partition coefficient (Wildman–Crippen LogP) is 6.04. The van der Waals surface area contributed by atoms with Crippen molar-refractivity contribution >= 4 is 36.4 Å². The van der Waals surface area contributed by atoms with E-state index in [9.17, 15) is 9.59 Å². The Morgan fingerprint density at radius 3 is 1.06 bits per heavy atom. The van der Waals surface area contributed by atoms with E-state index in [-0.39, 0.29) is 48.5 Å². The van der Waals surface area contributed by atoms with Crippen molar-refractivity contribution in [3.05, 3.63) is 71.8 Å². The molecule has 0 aliphatic carbocycles. The standard InChI is InChI=1S/2C13H19NO.2ClH/c2*1-4-14(5-2)11(3)13(15)12-9-7-6-8-10-12;;/h2*6-11H,4-5H2,1-3H3;2*1H. The number of nitrogens with zero attached hydrogens (tertiary/aromatic N) is 2. The summed E-state index contributed by atoms with van der Waals surface area (Å²) < 4.78 is 0. The molecule has 0 bridgehead atoms. The lowest BCUT2D eigenvalue weighted by atomic mass is 10.0. The van der Waals surface area contributed by atoms with E-state index in [1.165, 1.54) is 0 Å². The molecule has 0 aliphatic heterocycles. The van der Waals surface area contributed by atoms with E-state index in [0.29, 0.717) is 0 Å². The second kappa shape index (κ2) is 17.8. The SMILES string of the molecule is CCN(CC)C(C)C(=O)c1ccccc1.CCN(CC)C(C)C(=O)c1ccccc1.Cl.Cl. The molecule has 0 N–H and O–H groups in total. The van der Waals surface area contributed by atoms with Gasteiger partial charge in [-0.25, -0.2) is 0 Å². The summed E-state index contributed by atoms with van der Waals surface area (Å²) in [4.78, 5) is 28.4. The van der Waals surface area contributed by atoms with Crippen LogP contribution in [0.5, 0.6) is 0 Å². The quantitative estimate of drug-likeness (QED) is 0.386. The number of carbonyl (C=O) groups is 2. The van der Waals surface area contributed by atoms with E-state index in [4.69, 9.17) is 0 Å². The third-order valence-electron chi connectivity index (χ3n) is 5.60. The predicted molar refractivity (Wildman–Crippen MR) is 141 cm³/mol. The summed E-state index contributed by atoms with van der Waals surface area (Å²) in [5.41, 5.74) is 1.61. The van der Waals surface area contributed by atoms with Crippen LogP contribution in [0.3, 0.4) is 0 Å². The highest BCUT2D eigenvalue weighted by atomic mass is 35.5. The molecule has 2 aromatic carbocycles. The largest absolute Gasteiger partial charge is 0.294 e. The van der Waals surface area contributed by atoms with Gasteiger partial charge in [0.05, 0.1) is 12.1 Å². The van der Waals surface area contributed by atoms with Gasteiger partial charge in [0.2, 0.25) is 0 Å². The minimum atomic E-state index is -0.0256. The zero-order valence-electron chi connectivity index (χ0n) is 20.3. The number of carbonyl (C=O) groups excluding carboxylic acids is 2. The highest BCUT2D eigenvalue weighted by Gasteiger charge is 2.20. The molecule has 6 heteroatoms. The van der Waals surface area contributed by atoms with Crippen molar-refractivity contribution < 1.29 is 9.59 Å². The number of Topliss-reactive ketones (excluding diaryl/α,β-unsaturated/α-hetero) is 2. The number of hydrogen-bond acceptors (Lipinski definition) is 4. The molecule has 0 aliphatic rings. The summed E-state index contributed by atoms with van der Waals surface area (Å²) >= 11 is 0. The monoisotopic (exact) mass is 482 g/mol. The van der Waals surface area contributed by atoms with Gasteiger partial charge in [0, 0.05) is 11.1 Å². The zero-order valence-corrected chi connectivity index (χ0v) is 21.9. The van der Waals surface area contributed by atoms with Crippen molar-refractivity contribution in [2.75, 3.05) is 26.2 Å². The second-order valence-electron chi connectivity index (χ2n) is 7.25. The van der Waals surface area contributed by atoms with E-state index in [2.05, 4.69) is 37.5 Å². The van der Waals surface area contributed by atoms with E-state index in [1.807, 2.05) is 74.5 Å². The van der Waals surface area contributed by atoms with Crippen LogP contribution in [0, 0.1) is 0 Å². The molecule has 2 aromatic rings. The highest BCUT2D eigenvalue weighted by Crippen LogP contribution is 2.09. The Morgan fingerprint density at radius 1 is 0.594 bits per heavy atom. The van der Waals surface area contributed by atoms with Gasteiger partial charge in [-0.3, -0.25) is 19.4 Å². The average molecular weight is 484 g/mol. The van der Waals surface area contributed by atoms with Gasteiger partial charge in [-0.2, -0.15) is 0 Å². The fourth-order valence-electron chi connectivity index (χ4n) is 3.56. The van der Waals surface area contributed by atoms with Crippen molar-refractivity contribution in [3.8, 4) is 0 Å². The molecule has 0 saturated carbocycles. The number of ketones is 2. The summed E-state index contributed by atoms with van der Waals surface area (Å²) in [5.74, 6) is 0.415. The van der Waals surface area contributed by atoms with E-state index >= 15 is 0 Å². The van der Waals surface area contributed by atoms with Crippen molar-refractivity contribution in [2.24, 2.45) is 0 Å². The third-order valence-corrected chi connectivity index (χ3v) is 5.60. The maximum absolute atomic E-state index is 12.1. The zero-order chi connectivity index (χ0) is 22.5. The number of likely N-dealkylation sites (N-methyl/N-ethyl adjacent to an activating group) is 2. The molecule has 2 unspecified atom stereocenters. The van der Waals surface area contributed by atoms with Gasteiger partial charge in [-0.1, -0.05) is 88.4 Å². The molecule has 0 fully saturated rings. The molecule has 2 rings (SSSR count). The number of benzene rings is 2. The molecule has 180 valence electrons.